The van der Waals surface area contributed by atoms with Crippen LogP contribution < -0.4 is 27.4 Å². The molecule has 0 spiro atoms. The number of carbonyl (C=O) groups excluding carboxylic acids is 1. The van der Waals surface area contributed by atoms with Gasteiger partial charge in [0, 0.05) is 37.7 Å². The van der Waals surface area contributed by atoms with Crippen molar-refractivity contribution in [1.29, 1.82) is 0 Å². The number of amides is 1. The first kappa shape index (κ1) is 24.0. The van der Waals surface area contributed by atoms with E-state index in [0.717, 1.165) is 34.9 Å². The van der Waals surface area contributed by atoms with Crippen molar-refractivity contribution in [2.75, 3.05) is 45.8 Å². The molecule has 1 aromatic carbocycles. The summed E-state index contributed by atoms with van der Waals surface area (Å²) in [6.45, 7) is 7.29. The number of nitrogens with two attached hydrogens (primary N) is 2. The minimum Gasteiger partial charge on any atom is -0.386 e. The number of carbonyl (C=O) groups is 1. The molecule has 0 saturated heterocycles. The minimum atomic E-state index is -0.186. The maximum atomic E-state index is 12.6. The third-order valence-corrected chi connectivity index (χ3v) is 4.40. The van der Waals surface area contributed by atoms with Gasteiger partial charge < -0.3 is 36.9 Å². The monoisotopic (exact) mass is 428 g/mol. The fraction of sp³-hybridized carbons (Fsp3) is 0.364. The molecule has 0 unspecified atom stereocenters. The van der Waals surface area contributed by atoms with Gasteiger partial charge in [0.25, 0.3) is 5.91 Å². The van der Waals surface area contributed by atoms with Crippen LogP contribution in [0.2, 0.25) is 0 Å². The fourth-order valence-electron chi connectivity index (χ4n) is 3.15. The first-order valence-electron chi connectivity index (χ1n) is 9.88. The zero-order valence-electron chi connectivity index (χ0n) is 18.3. The number of benzene rings is 1. The average Bonchev–Trinajstić information content (AvgIpc) is 3.12. The summed E-state index contributed by atoms with van der Waals surface area (Å²) in [6.07, 6.45) is 4.21. The number of nitrogens with zero attached hydrogens (tertiary/aromatic N) is 1. The van der Waals surface area contributed by atoms with Gasteiger partial charge in [-0.2, -0.15) is 0 Å². The van der Waals surface area contributed by atoms with Crippen LogP contribution in [0.3, 0.4) is 0 Å². The van der Waals surface area contributed by atoms with Gasteiger partial charge in [0.05, 0.1) is 37.5 Å². The third kappa shape index (κ3) is 7.80. The minimum absolute atomic E-state index is 0.141. The van der Waals surface area contributed by atoms with Gasteiger partial charge in [0.2, 0.25) is 0 Å². The van der Waals surface area contributed by atoms with Crippen LogP contribution in [-0.4, -0.2) is 58.3 Å². The molecule has 2 heterocycles. The molecule has 9 nitrogen and oxygen atoms in total. The largest absolute Gasteiger partial charge is 0.386 e. The number of methoxy groups -OCH3 is 2. The molecular weight excluding hydrogens is 396 g/mol. The number of ether oxygens (including phenoxy) is 2. The van der Waals surface area contributed by atoms with E-state index < -0.39 is 0 Å². The summed E-state index contributed by atoms with van der Waals surface area (Å²) in [6, 6.07) is 5.47. The van der Waals surface area contributed by atoms with Gasteiger partial charge in [-0.3, -0.25) is 9.79 Å². The Labute approximate surface area is 183 Å². The van der Waals surface area contributed by atoms with Gasteiger partial charge in [-0.1, -0.05) is 6.58 Å². The topological polar surface area (TPSA) is 136 Å². The van der Waals surface area contributed by atoms with Crippen molar-refractivity contribution < 1.29 is 14.3 Å². The Morgan fingerprint density at radius 2 is 2.00 bits per heavy atom. The SMILES string of the molecule is C=C(N)N.COCC(COC)NC(=O)c1ccc2c(c1)C=C(/C=C1/CN=C(C)N1)CN2. The lowest BCUT2D eigenvalue weighted by Gasteiger charge is -2.20. The summed E-state index contributed by atoms with van der Waals surface area (Å²) in [7, 11) is 3.21. The van der Waals surface area contributed by atoms with Crippen molar-refractivity contribution in [3.63, 3.8) is 0 Å². The van der Waals surface area contributed by atoms with Crippen LogP contribution >= 0.6 is 0 Å². The van der Waals surface area contributed by atoms with E-state index in [0.29, 0.717) is 25.3 Å². The molecule has 0 fully saturated rings. The zero-order chi connectivity index (χ0) is 22.8. The predicted octanol–water partition coefficient (Wildman–Crippen LogP) is 1.17. The van der Waals surface area contributed by atoms with Crippen molar-refractivity contribution in [3.05, 3.63) is 59.1 Å². The van der Waals surface area contributed by atoms with E-state index in [1.165, 1.54) is 0 Å². The summed E-state index contributed by atoms with van der Waals surface area (Å²) < 4.78 is 10.3. The summed E-state index contributed by atoms with van der Waals surface area (Å²) in [5, 5.41) is 9.60. The van der Waals surface area contributed by atoms with Crippen LogP contribution in [0.15, 0.2) is 52.9 Å². The lowest BCUT2D eigenvalue weighted by Crippen LogP contribution is -2.41. The molecule has 0 atom stereocenters. The maximum absolute atomic E-state index is 12.6. The molecule has 0 saturated carbocycles. The normalized spacial score (nSPS) is 15.7. The molecule has 1 aromatic rings. The highest BCUT2D eigenvalue weighted by Gasteiger charge is 2.16. The smallest absolute Gasteiger partial charge is 0.251 e. The predicted molar refractivity (Wildman–Crippen MR) is 125 cm³/mol. The first-order valence-corrected chi connectivity index (χ1v) is 9.88. The molecule has 7 N–H and O–H groups in total. The van der Waals surface area contributed by atoms with Gasteiger partial charge in [-0.25, -0.2) is 0 Å². The van der Waals surface area contributed by atoms with E-state index in [4.69, 9.17) is 20.9 Å². The van der Waals surface area contributed by atoms with Gasteiger partial charge in [0.15, 0.2) is 0 Å². The van der Waals surface area contributed by atoms with E-state index in [1.54, 1.807) is 14.2 Å². The molecule has 0 radical (unpaired) electrons. The van der Waals surface area contributed by atoms with Gasteiger partial charge in [0.1, 0.15) is 0 Å². The molecule has 168 valence electrons. The van der Waals surface area contributed by atoms with Crippen molar-refractivity contribution >= 4 is 23.5 Å². The van der Waals surface area contributed by atoms with Crippen LogP contribution in [0.1, 0.15) is 22.8 Å². The Kier molecular flexibility index (Phi) is 9.11. The van der Waals surface area contributed by atoms with Crippen LogP contribution in [0.25, 0.3) is 6.08 Å². The Balaban J connectivity index is 0.000000785. The van der Waals surface area contributed by atoms with Crippen LogP contribution in [0.5, 0.6) is 0 Å². The maximum Gasteiger partial charge on any atom is 0.251 e. The lowest BCUT2D eigenvalue weighted by molar-refractivity contribution is 0.0779. The zero-order valence-corrected chi connectivity index (χ0v) is 18.3. The highest BCUT2D eigenvalue weighted by atomic mass is 16.5. The lowest BCUT2D eigenvalue weighted by atomic mass is 10.0. The van der Waals surface area contributed by atoms with Gasteiger partial charge >= 0.3 is 0 Å². The highest BCUT2D eigenvalue weighted by Crippen LogP contribution is 2.26. The molecule has 1 amide bonds. The molecule has 0 bridgehead atoms. The van der Waals surface area contributed by atoms with E-state index >= 15 is 0 Å². The molecule has 0 aromatic heterocycles. The van der Waals surface area contributed by atoms with E-state index in [9.17, 15) is 4.79 Å². The second-order valence-electron chi connectivity index (χ2n) is 7.23. The molecule has 2 aliphatic heterocycles. The van der Waals surface area contributed by atoms with Gasteiger partial charge in [-0.05, 0) is 48.4 Å². The molecular formula is C22H32N6O3. The summed E-state index contributed by atoms with van der Waals surface area (Å²) >= 11 is 0. The number of nitrogens with one attached hydrogen (secondary N) is 3. The molecule has 9 heteroatoms. The first-order chi connectivity index (χ1) is 14.8. The summed E-state index contributed by atoms with van der Waals surface area (Å²) in [5.74, 6) is 0.962. The van der Waals surface area contributed by atoms with E-state index in [-0.39, 0.29) is 17.8 Å². The summed E-state index contributed by atoms with van der Waals surface area (Å²) in [4.78, 5) is 16.9. The number of hydrogen-bond donors (Lipinski definition) is 5. The number of amidine groups is 1. The third-order valence-electron chi connectivity index (χ3n) is 4.40. The number of anilines is 1. The Hall–Kier alpha value is -3.30. The standard InChI is InChI=1S/C20H26N4O3.C2H6N2/c1-13-21-10-17(23-13)7-14-6-16-8-15(4-5-19(16)22-9-14)20(25)24-18(11-26-2)12-27-3;1-2(3)4/h4-8,18,22H,9-12H2,1-3H3,(H,21,23)(H,24,25);1,3-4H2/b17-7-;. The van der Waals surface area contributed by atoms with Crippen LogP contribution in [0, 0.1) is 0 Å². The quantitative estimate of drug-likeness (QED) is 0.440. The Bertz CT molecular complexity index is 881. The van der Waals surface area contributed by atoms with Crippen LogP contribution in [-0.2, 0) is 9.47 Å². The average molecular weight is 429 g/mol. The highest BCUT2D eigenvalue weighted by molar-refractivity contribution is 5.96. The number of fused-ring (bicyclic) bond motifs is 1. The molecule has 31 heavy (non-hydrogen) atoms. The van der Waals surface area contributed by atoms with Crippen LogP contribution in [0.4, 0.5) is 5.69 Å². The van der Waals surface area contributed by atoms with Crippen molar-refractivity contribution in [1.82, 2.24) is 10.6 Å². The summed E-state index contributed by atoms with van der Waals surface area (Å²) in [5.41, 5.74) is 14.2. The van der Waals surface area contributed by atoms with Crippen molar-refractivity contribution in [2.45, 2.75) is 13.0 Å². The number of aliphatic imine (C=N–C) groups is 1. The van der Waals surface area contributed by atoms with E-state index in [1.807, 2.05) is 25.1 Å². The number of rotatable bonds is 7. The number of hydrogen-bond acceptors (Lipinski definition) is 8. The second kappa shape index (κ2) is 11.8. The molecule has 2 aliphatic rings. The second-order valence-corrected chi connectivity index (χ2v) is 7.23. The Morgan fingerprint density at radius 1 is 1.32 bits per heavy atom. The van der Waals surface area contributed by atoms with Gasteiger partial charge in [-0.15, -0.1) is 0 Å². The van der Waals surface area contributed by atoms with Crippen molar-refractivity contribution in [3.8, 4) is 0 Å². The molecule has 0 aliphatic carbocycles. The van der Waals surface area contributed by atoms with Crippen molar-refractivity contribution in [2.24, 2.45) is 16.5 Å². The molecule has 3 rings (SSSR count). The fourth-order valence-corrected chi connectivity index (χ4v) is 3.15. The Morgan fingerprint density at radius 3 is 2.58 bits per heavy atom. The van der Waals surface area contributed by atoms with E-state index in [2.05, 4.69) is 39.7 Å².